The number of carbonyl (C=O) groups is 2. The fourth-order valence-electron chi connectivity index (χ4n) is 2.00. The molecule has 0 aliphatic carbocycles. The van der Waals surface area contributed by atoms with Gasteiger partial charge in [-0.2, -0.15) is 0 Å². The number of rotatable bonds is 6. The molecule has 24 heavy (non-hydrogen) atoms. The van der Waals surface area contributed by atoms with E-state index in [4.69, 9.17) is 9.47 Å². The first-order chi connectivity index (χ1) is 11.5. The summed E-state index contributed by atoms with van der Waals surface area (Å²) < 4.78 is 22.9. The van der Waals surface area contributed by atoms with Gasteiger partial charge in [-0.1, -0.05) is 12.1 Å². The summed E-state index contributed by atoms with van der Waals surface area (Å²) in [6.45, 7) is 1.51. The van der Waals surface area contributed by atoms with E-state index in [1.165, 1.54) is 50.5 Å². The standard InChI is InChI=1S/C19H17FO4/c1-13(19(22)15-6-10-17(23-2)11-7-15)24-18(21)12-5-14-3-8-16(20)9-4-14/h3-13H,1-2H3/b12-5+/t13-/m0/s1. The van der Waals surface area contributed by atoms with Gasteiger partial charge in [0.25, 0.3) is 0 Å². The first-order valence-corrected chi connectivity index (χ1v) is 7.32. The summed E-state index contributed by atoms with van der Waals surface area (Å²) >= 11 is 0. The molecule has 0 unspecified atom stereocenters. The lowest BCUT2D eigenvalue weighted by Crippen LogP contribution is -2.23. The molecule has 2 aromatic rings. The number of hydrogen-bond acceptors (Lipinski definition) is 4. The number of methoxy groups -OCH3 is 1. The van der Waals surface area contributed by atoms with Gasteiger partial charge in [0.05, 0.1) is 7.11 Å². The highest BCUT2D eigenvalue weighted by molar-refractivity contribution is 6.01. The molecular weight excluding hydrogens is 311 g/mol. The van der Waals surface area contributed by atoms with Crippen molar-refractivity contribution in [2.75, 3.05) is 7.11 Å². The second-order valence-electron chi connectivity index (χ2n) is 5.06. The van der Waals surface area contributed by atoms with Crippen LogP contribution in [-0.4, -0.2) is 25.0 Å². The third-order valence-electron chi connectivity index (χ3n) is 3.32. The van der Waals surface area contributed by atoms with Gasteiger partial charge >= 0.3 is 5.97 Å². The highest BCUT2D eigenvalue weighted by Gasteiger charge is 2.18. The van der Waals surface area contributed by atoms with E-state index in [0.29, 0.717) is 16.9 Å². The van der Waals surface area contributed by atoms with E-state index >= 15 is 0 Å². The van der Waals surface area contributed by atoms with Crippen molar-refractivity contribution in [1.29, 1.82) is 0 Å². The average molecular weight is 328 g/mol. The summed E-state index contributed by atoms with van der Waals surface area (Å²) in [7, 11) is 1.54. The zero-order valence-electron chi connectivity index (χ0n) is 13.4. The molecule has 0 fully saturated rings. The molecule has 1 atom stereocenters. The van der Waals surface area contributed by atoms with Crippen LogP contribution in [0.15, 0.2) is 54.6 Å². The van der Waals surface area contributed by atoms with E-state index in [2.05, 4.69) is 0 Å². The summed E-state index contributed by atoms with van der Waals surface area (Å²) in [6, 6.07) is 12.2. The van der Waals surface area contributed by atoms with Crippen LogP contribution in [0.5, 0.6) is 5.75 Å². The van der Waals surface area contributed by atoms with Gasteiger partial charge in [-0.15, -0.1) is 0 Å². The van der Waals surface area contributed by atoms with Crippen LogP contribution in [0.25, 0.3) is 6.08 Å². The predicted octanol–water partition coefficient (Wildman–Crippen LogP) is 3.66. The minimum Gasteiger partial charge on any atom is -0.497 e. The van der Waals surface area contributed by atoms with Crippen molar-refractivity contribution in [2.45, 2.75) is 13.0 Å². The monoisotopic (exact) mass is 328 g/mol. The Labute approximate surface area is 139 Å². The molecule has 0 aliphatic heterocycles. The van der Waals surface area contributed by atoms with Crippen LogP contribution in [0.4, 0.5) is 4.39 Å². The summed E-state index contributed by atoms with van der Waals surface area (Å²) in [5.41, 5.74) is 1.08. The van der Waals surface area contributed by atoms with E-state index in [1.54, 1.807) is 24.3 Å². The minimum atomic E-state index is -0.913. The number of halogens is 1. The maximum Gasteiger partial charge on any atom is 0.331 e. The molecule has 0 aliphatic rings. The van der Waals surface area contributed by atoms with Gasteiger partial charge in [0, 0.05) is 11.6 Å². The molecule has 0 radical (unpaired) electrons. The van der Waals surface area contributed by atoms with Crippen molar-refractivity contribution < 1.29 is 23.5 Å². The number of esters is 1. The maximum atomic E-state index is 12.8. The Hall–Kier alpha value is -2.95. The van der Waals surface area contributed by atoms with Crippen LogP contribution < -0.4 is 4.74 Å². The lowest BCUT2D eigenvalue weighted by atomic mass is 10.1. The third-order valence-corrected chi connectivity index (χ3v) is 3.32. The molecule has 0 bridgehead atoms. The minimum absolute atomic E-state index is 0.304. The number of benzene rings is 2. The second kappa shape index (κ2) is 8.06. The van der Waals surface area contributed by atoms with Crippen LogP contribution in [0.3, 0.4) is 0 Å². The summed E-state index contributed by atoms with van der Waals surface area (Å²) in [5.74, 6) is -0.665. The van der Waals surface area contributed by atoms with E-state index < -0.39 is 12.1 Å². The van der Waals surface area contributed by atoms with E-state index in [9.17, 15) is 14.0 Å². The molecule has 0 heterocycles. The van der Waals surface area contributed by atoms with Crippen molar-refractivity contribution in [2.24, 2.45) is 0 Å². The highest BCUT2D eigenvalue weighted by atomic mass is 19.1. The normalized spacial score (nSPS) is 12.0. The Morgan fingerprint density at radius 3 is 2.25 bits per heavy atom. The molecule has 0 spiro atoms. The molecule has 4 nitrogen and oxygen atoms in total. The zero-order valence-corrected chi connectivity index (χ0v) is 13.4. The fraction of sp³-hybridized carbons (Fsp3) is 0.158. The molecule has 124 valence electrons. The Morgan fingerprint density at radius 1 is 1.04 bits per heavy atom. The number of Topliss-reactive ketones (excluding diaryl/α,β-unsaturated/α-hetero) is 1. The van der Waals surface area contributed by atoms with E-state index in [-0.39, 0.29) is 11.6 Å². The molecular formula is C19H17FO4. The Morgan fingerprint density at radius 2 is 1.67 bits per heavy atom. The average Bonchev–Trinajstić information content (AvgIpc) is 2.60. The van der Waals surface area contributed by atoms with Crippen LogP contribution in [0.1, 0.15) is 22.8 Å². The first kappa shape index (κ1) is 17.4. The maximum absolute atomic E-state index is 12.8. The zero-order chi connectivity index (χ0) is 17.5. The SMILES string of the molecule is COc1ccc(C(=O)[C@H](C)OC(=O)/C=C/c2ccc(F)cc2)cc1. The molecule has 0 N–H and O–H groups in total. The van der Waals surface area contributed by atoms with Gasteiger partial charge in [0.2, 0.25) is 5.78 Å². The molecule has 0 saturated heterocycles. The van der Waals surface area contributed by atoms with Crippen molar-refractivity contribution in [3.63, 3.8) is 0 Å². The van der Waals surface area contributed by atoms with Crippen molar-refractivity contribution in [3.05, 3.63) is 71.6 Å². The highest BCUT2D eigenvalue weighted by Crippen LogP contribution is 2.14. The third kappa shape index (κ3) is 4.78. The van der Waals surface area contributed by atoms with E-state index in [0.717, 1.165) is 0 Å². The summed E-state index contributed by atoms with van der Waals surface area (Å²) in [4.78, 5) is 24.0. The van der Waals surface area contributed by atoms with Crippen molar-refractivity contribution in [1.82, 2.24) is 0 Å². The molecule has 0 saturated carbocycles. The largest absolute Gasteiger partial charge is 0.497 e. The molecule has 2 rings (SSSR count). The van der Waals surface area contributed by atoms with Crippen LogP contribution in [0, 0.1) is 5.82 Å². The van der Waals surface area contributed by atoms with Crippen LogP contribution in [0.2, 0.25) is 0 Å². The van der Waals surface area contributed by atoms with Gasteiger partial charge < -0.3 is 9.47 Å². The van der Waals surface area contributed by atoms with Gasteiger partial charge in [-0.25, -0.2) is 9.18 Å². The van der Waals surface area contributed by atoms with Crippen LogP contribution >= 0.6 is 0 Å². The summed E-state index contributed by atoms with van der Waals surface area (Å²) in [5, 5.41) is 0. The number of hydrogen-bond donors (Lipinski definition) is 0. The van der Waals surface area contributed by atoms with Crippen molar-refractivity contribution >= 4 is 17.8 Å². The van der Waals surface area contributed by atoms with Gasteiger partial charge in [-0.3, -0.25) is 4.79 Å². The quantitative estimate of drug-likeness (QED) is 0.461. The molecule has 0 amide bonds. The first-order valence-electron chi connectivity index (χ1n) is 7.32. The molecule has 0 aromatic heterocycles. The van der Waals surface area contributed by atoms with Crippen molar-refractivity contribution in [3.8, 4) is 5.75 Å². The molecule has 5 heteroatoms. The number of ketones is 1. The smallest absolute Gasteiger partial charge is 0.331 e. The Bertz CT molecular complexity index is 733. The lowest BCUT2D eigenvalue weighted by Gasteiger charge is -2.11. The van der Waals surface area contributed by atoms with Crippen LogP contribution in [-0.2, 0) is 9.53 Å². The topological polar surface area (TPSA) is 52.6 Å². The van der Waals surface area contributed by atoms with Gasteiger partial charge in [0.15, 0.2) is 6.10 Å². The predicted molar refractivity (Wildman–Crippen MR) is 88.3 cm³/mol. The lowest BCUT2D eigenvalue weighted by molar-refractivity contribution is -0.140. The Kier molecular flexibility index (Phi) is 5.84. The number of carbonyl (C=O) groups excluding carboxylic acids is 2. The van der Waals surface area contributed by atoms with Gasteiger partial charge in [-0.05, 0) is 55.0 Å². The second-order valence-corrected chi connectivity index (χ2v) is 5.06. The summed E-state index contributed by atoms with van der Waals surface area (Å²) in [6.07, 6.45) is 1.78. The fourth-order valence-corrected chi connectivity index (χ4v) is 2.00. The number of ether oxygens (including phenoxy) is 2. The Balaban J connectivity index is 1.94. The van der Waals surface area contributed by atoms with E-state index in [1.807, 2.05) is 0 Å². The molecule has 2 aromatic carbocycles. The van der Waals surface area contributed by atoms with Gasteiger partial charge in [0.1, 0.15) is 11.6 Å².